The highest BCUT2D eigenvalue weighted by Crippen LogP contribution is 2.26. The summed E-state index contributed by atoms with van der Waals surface area (Å²) in [7, 11) is 1.71. The van der Waals surface area contributed by atoms with E-state index in [0.717, 1.165) is 19.3 Å². The molecule has 0 amide bonds. The van der Waals surface area contributed by atoms with Crippen LogP contribution in [0, 0.1) is 11.3 Å². The van der Waals surface area contributed by atoms with E-state index in [4.69, 9.17) is 15.7 Å². The van der Waals surface area contributed by atoms with Crippen molar-refractivity contribution in [2.45, 2.75) is 31.4 Å². The van der Waals surface area contributed by atoms with Crippen LogP contribution in [-0.2, 0) is 4.74 Å². The lowest BCUT2D eigenvalue weighted by Crippen LogP contribution is -2.30. The second kappa shape index (κ2) is 5.02. The van der Waals surface area contributed by atoms with Gasteiger partial charge in [0, 0.05) is 7.11 Å². The van der Waals surface area contributed by atoms with Crippen LogP contribution in [0.25, 0.3) is 0 Å². The molecule has 0 bridgehead atoms. The SMILES string of the molecule is COC1CCCC1Nc1ncc(N)cc1C#N. The summed E-state index contributed by atoms with van der Waals surface area (Å²) in [5.41, 5.74) is 6.58. The number of nitrogens with two attached hydrogens (primary N) is 1. The summed E-state index contributed by atoms with van der Waals surface area (Å²) in [6.07, 6.45) is 4.97. The normalized spacial score (nSPS) is 23.3. The molecule has 0 spiro atoms. The van der Waals surface area contributed by atoms with Gasteiger partial charge in [-0.3, -0.25) is 0 Å². The van der Waals surface area contributed by atoms with Gasteiger partial charge in [0.15, 0.2) is 0 Å². The summed E-state index contributed by atoms with van der Waals surface area (Å²) in [5.74, 6) is 0.593. The molecule has 0 aromatic carbocycles. The number of rotatable bonds is 3. The Balaban J connectivity index is 2.16. The molecular weight excluding hydrogens is 216 g/mol. The first-order valence-electron chi connectivity index (χ1n) is 5.69. The van der Waals surface area contributed by atoms with Gasteiger partial charge in [0.1, 0.15) is 11.9 Å². The van der Waals surface area contributed by atoms with Crippen LogP contribution in [-0.4, -0.2) is 24.2 Å². The van der Waals surface area contributed by atoms with Crippen LogP contribution in [0.4, 0.5) is 11.5 Å². The van der Waals surface area contributed by atoms with Crippen LogP contribution >= 0.6 is 0 Å². The molecule has 90 valence electrons. The molecule has 5 heteroatoms. The Kier molecular flexibility index (Phi) is 3.45. The molecule has 2 atom stereocenters. The zero-order valence-corrected chi connectivity index (χ0v) is 9.81. The Bertz CT molecular complexity index is 441. The number of aromatic nitrogens is 1. The van der Waals surface area contributed by atoms with Crippen molar-refractivity contribution in [3.63, 3.8) is 0 Å². The highest BCUT2D eigenvalue weighted by atomic mass is 16.5. The molecule has 0 aliphatic heterocycles. The minimum Gasteiger partial charge on any atom is -0.397 e. The van der Waals surface area contributed by atoms with Crippen LogP contribution < -0.4 is 11.1 Å². The molecule has 0 radical (unpaired) electrons. The van der Waals surface area contributed by atoms with E-state index in [-0.39, 0.29) is 12.1 Å². The maximum Gasteiger partial charge on any atom is 0.144 e. The van der Waals surface area contributed by atoms with Gasteiger partial charge >= 0.3 is 0 Å². The smallest absolute Gasteiger partial charge is 0.144 e. The van der Waals surface area contributed by atoms with E-state index in [1.165, 1.54) is 0 Å². The number of nitrogens with zero attached hydrogens (tertiary/aromatic N) is 2. The quantitative estimate of drug-likeness (QED) is 0.825. The van der Waals surface area contributed by atoms with Crippen LogP contribution in [0.1, 0.15) is 24.8 Å². The Morgan fingerprint density at radius 2 is 2.41 bits per heavy atom. The second-order valence-corrected chi connectivity index (χ2v) is 4.23. The Labute approximate surface area is 101 Å². The van der Waals surface area contributed by atoms with Gasteiger partial charge < -0.3 is 15.8 Å². The maximum absolute atomic E-state index is 9.02. The number of ether oxygens (including phenoxy) is 1. The summed E-state index contributed by atoms with van der Waals surface area (Å²) < 4.78 is 5.40. The molecule has 1 fully saturated rings. The van der Waals surface area contributed by atoms with Crippen molar-refractivity contribution < 1.29 is 4.74 Å². The number of hydrogen-bond donors (Lipinski definition) is 2. The fourth-order valence-corrected chi connectivity index (χ4v) is 2.23. The van der Waals surface area contributed by atoms with E-state index in [2.05, 4.69) is 16.4 Å². The maximum atomic E-state index is 9.02. The molecule has 1 saturated carbocycles. The highest BCUT2D eigenvalue weighted by molar-refractivity contribution is 5.57. The molecule has 1 aromatic rings. The average Bonchev–Trinajstić information content (AvgIpc) is 2.78. The van der Waals surface area contributed by atoms with Crippen molar-refractivity contribution >= 4 is 11.5 Å². The summed E-state index contributed by atoms with van der Waals surface area (Å²) in [5, 5.41) is 12.3. The van der Waals surface area contributed by atoms with Gasteiger partial charge in [0.25, 0.3) is 0 Å². The molecule has 1 aliphatic carbocycles. The molecule has 1 aliphatic rings. The largest absolute Gasteiger partial charge is 0.397 e. The third-order valence-corrected chi connectivity index (χ3v) is 3.11. The molecule has 1 heterocycles. The molecule has 17 heavy (non-hydrogen) atoms. The number of pyridine rings is 1. The fourth-order valence-electron chi connectivity index (χ4n) is 2.23. The molecule has 1 aromatic heterocycles. The van der Waals surface area contributed by atoms with Crippen LogP contribution in [0.15, 0.2) is 12.3 Å². The number of nitrogens with one attached hydrogen (secondary N) is 1. The van der Waals surface area contributed by atoms with Gasteiger partial charge in [-0.15, -0.1) is 0 Å². The zero-order valence-electron chi connectivity index (χ0n) is 9.81. The van der Waals surface area contributed by atoms with Gasteiger partial charge in [0.05, 0.1) is 29.6 Å². The van der Waals surface area contributed by atoms with E-state index < -0.39 is 0 Å². The van der Waals surface area contributed by atoms with Crippen molar-refractivity contribution in [2.24, 2.45) is 0 Å². The van der Waals surface area contributed by atoms with Crippen LogP contribution in [0.3, 0.4) is 0 Å². The summed E-state index contributed by atoms with van der Waals surface area (Å²) in [6, 6.07) is 3.95. The van der Waals surface area contributed by atoms with E-state index in [0.29, 0.717) is 17.1 Å². The average molecular weight is 232 g/mol. The van der Waals surface area contributed by atoms with Crippen molar-refractivity contribution in [3.8, 4) is 6.07 Å². The number of nitrogen functional groups attached to an aromatic ring is 1. The Hall–Kier alpha value is -1.80. The lowest BCUT2D eigenvalue weighted by Gasteiger charge is -2.20. The molecule has 5 nitrogen and oxygen atoms in total. The molecule has 2 unspecified atom stereocenters. The van der Waals surface area contributed by atoms with Crippen molar-refractivity contribution in [2.75, 3.05) is 18.2 Å². The number of nitriles is 1. The first-order chi connectivity index (χ1) is 8.24. The standard InChI is InChI=1S/C12H16N4O/c1-17-11-4-2-3-10(11)16-12-8(6-13)5-9(14)7-15-12/h5,7,10-11H,2-4,14H2,1H3,(H,15,16). The number of hydrogen-bond acceptors (Lipinski definition) is 5. The van der Waals surface area contributed by atoms with Gasteiger partial charge in [-0.2, -0.15) is 5.26 Å². The summed E-state index contributed by atoms with van der Waals surface area (Å²) >= 11 is 0. The second-order valence-electron chi connectivity index (χ2n) is 4.23. The predicted molar refractivity (Wildman–Crippen MR) is 65.4 cm³/mol. The van der Waals surface area contributed by atoms with Gasteiger partial charge in [-0.1, -0.05) is 0 Å². The number of anilines is 2. The van der Waals surface area contributed by atoms with Gasteiger partial charge in [-0.05, 0) is 25.3 Å². The lowest BCUT2D eigenvalue weighted by molar-refractivity contribution is 0.101. The first-order valence-corrected chi connectivity index (χ1v) is 5.69. The van der Waals surface area contributed by atoms with Gasteiger partial charge in [0.2, 0.25) is 0 Å². The third kappa shape index (κ3) is 2.48. The fraction of sp³-hybridized carbons (Fsp3) is 0.500. The van der Waals surface area contributed by atoms with E-state index in [9.17, 15) is 0 Å². The first kappa shape index (κ1) is 11.7. The van der Waals surface area contributed by atoms with Crippen LogP contribution in [0.2, 0.25) is 0 Å². The predicted octanol–water partition coefficient (Wildman–Crippen LogP) is 1.51. The Morgan fingerprint density at radius 1 is 1.59 bits per heavy atom. The minimum absolute atomic E-state index is 0.195. The zero-order chi connectivity index (χ0) is 12.3. The summed E-state index contributed by atoms with van der Waals surface area (Å²) in [4.78, 5) is 4.17. The summed E-state index contributed by atoms with van der Waals surface area (Å²) in [6.45, 7) is 0. The molecule has 0 saturated heterocycles. The third-order valence-electron chi connectivity index (χ3n) is 3.11. The van der Waals surface area contributed by atoms with Crippen molar-refractivity contribution in [1.82, 2.24) is 4.98 Å². The van der Waals surface area contributed by atoms with Crippen molar-refractivity contribution in [1.29, 1.82) is 5.26 Å². The monoisotopic (exact) mass is 232 g/mol. The molecule has 3 N–H and O–H groups in total. The topological polar surface area (TPSA) is 84.0 Å². The van der Waals surface area contributed by atoms with Crippen LogP contribution in [0.5, 0.6) is 0 Å². The highest BCUT2D eigenvalue weighted by Gasteiger charge is 2.27. The van der Waals surface area contributed by atoms with E-state index >= 15 is 0 Å². The minimum atomic E-state index is 0.195. The van der Waals surface area contributed by atoms with Gasteiger partial charge in [-0.25, -0.2) is 4.98 Å². The van der Waals surface area contributed by atoms with Crippen molar-refractivity contribution in [3.05, 3.63) is 17.8 Å². The molecule has 2 rings (SSSR count). The number of methoxy groups -OCH3 is 1. The lowest BCUT2D eigenvalue weighted by atomic mass is 10.2. The van der Waals surface area contributed by atoms with E-state index in [1.54, 1.807) is 19.4 Å². The Morgan fingerprint density at radius 3 is 3.12 bits per heavy atom. The van der Waals surface area contributed by atoms with E-state index in [1.807, 2.05) is 0 Å². The molecular formula is C12H16N4O.